The van der Waals surface area contributed by atoms with Crippen LogP contribution < -0.4 is 5.32 Å². The van der Waals surface area contributed by atoms with Crippen molar-refractivity contribution < 1.29 is 15.0 Å². The molecule has 3 N–H and O–H groups in total. The Hall–Kier alpha value is -2.17. The molecule has 2 atom stereocenters. The fourth-order valence-corrected chi connectivity index (χ4v) is 7.98. The molecule has 360 valence electrons. The summed E-state index contributed by atoms with van der Waals surface area (Å²) in [6, 6.07) is -0.646. The molecule has 0 aromatic heterocycles. The predicted molar refractivity (Wildman–Crippen MR) is 276 cm³/mol. The third-order valence-electron chi connectivity index (χ3n) is 12.1. The molecule has 2 unspecified atom stereocenters. The van der Waals surface area contributed by atoms with E-state index in [4.69, 9.17) is 0 Å². The molecule has 0 saturated carbocycles. The van der Waals surface area contributed by atoms with Gasteiger partial charge in [-0.25, -0.2) is 0 Å². The third kappa shape index (κ3) is 48.9. The lowest BCUT2D eigenvalue weighted by atomic mass is 10.0. The van der Waals surface area contributed by atoms with Crippen LogP contribution in [0.4, 0.5) is 0 Å². The number of nitrogens with one attached hydrogen (secondary N) is 1. The maximum absolute atomic E-state index is 12.4. The smallest absolute Gasteiger partial charge is 0.220 e. The largest absolute Gasteiger partial charge is 0.394 e. The highest BCUT2D eigenvalue weighted by Gasteiger charge is 2.17. The Balaban J connectivity index is 3.49. The fourth-order valence-electron chi connectivity index (χ4n) is 7.98. The molecule has 0 saturated heterocycles. The number of hydrogen-bond donors (Lipinski definition) is 3. The Bertz CT molecular complexity index is 1070. The lowest BCUT2D eigenvalue weighted by molar-refractivity contribution is -0.123. The third-order valence-corrected chi connectivity index (χ3v) is 12.1. The topological polar surface area (TPSA) is 69.6 Å². The standard InChI is InChI=1S/C58H105NO3/c1-3-5-7-9-11-13-15-17-19-20-21-22-23-24-25-26-27-28-29-30-31-32-33-34-35-36-37-38-40-42-44-46-48-50-52-54-58(62)59-56(55-60)57(61)53-51-49-47-45-43-41-39-18-16-14-12-10-8-6-4-2/h15-18,20-21,23-24,43,45,51,53,56-57,60-61H,3-14,19,22,25-42,44,46-50,52,54-55H2,1-2H3,(H,59,62)/b17-15-,18-16+,21-20-,24-23-,45-43+,53-51+. The molecular formula is C58H105NO3. The lowest BCUT2D eigenvalue weighted by Crippen LogP contribution is -2.45. The summed E-state index contributed by atoms with van der Waals surface area (Å²) in [7, 11) is 0. The number of rotatable bonds is 49. The van der Waals surface area contributed by atoms with Crippen molar-refractivity contribution in [3.63, 3.8) is 0 Å². The molecule has 62 heavy (non-hydrogen) atoms. The second kappa shape index (κ2) is 53.2. The van der Waals surface area contributed by atoms with Gasteiger partial charge in [0.25, 0.3) is 0 Å². The summed E-state index contributed by atoms with van der Waals surface area (Å²) in [5.41, 5.74) is 0. The first-order valence-corrected chi connectivity index (χ1v) is 27.2. The minimum absolute atomic E-state index is 0.0772. The Labute approximate surface area is 387 Å². The van der Waals surface area contributed by atoms with Crippen LogP contribution in [0.25, 0.3) is 0 Å². The lowest BCUT2D eigenvalue weighted by Gasteiger charge is -2.19. The van der Waals surface area contributed by atoms with Crippen molar-refractivity contribution in [2.75, 3.05) is 6.61 Å². The number of carbonyl (C=O) groups excluding carboxylic acids is 1. The van der Waals surface area contributed by atoms with Gasteiger partial charge >= 0.3 is 0 Å². The number of aliphatic hydroxyl groups is 2. The summed E-state index contributed by atoms with van der Waals surface area (Å²) in [4.78, 5) is 12.4. The van der Waals surface area contributed by atoms with Gasteiger partial charge in [0.05, 0.1) is 18.8 Å². The molecule has 0 aromatic carbocycles. The molecule has 0 fully saturated rings. The van der Waals surface area contributed by atoms with Crippen molar-refractivity contribution in [2.24, 2.45) is 0 Å². The van der Waals surface area contributed by atoms with Crippen LogP contribution in [-0.4, -0.2) is 34.9 Å². The van der Waals surface area contributed by atoms with E-state index in [0.717, 1.165) is 51.4 Å². The number of allylic oxidation sites excluding steroid dienone is 11. The Morgan fingerprint density at radius 1 is 0.387 bits per heavy atom. The van der Waals surface area contributed by atoms with Gasteiger partial charge in [-0.3, -0.25) is 4.79 Å². The van der Waals surface area contributed by atoms with E-state index in [0.29, 0.717) is 6.42 Å². The average molecular weight is 864 g/mol. The van der Waals surface area contributed by atoms with Crippen LogP contribution in [0.1, 0.15) is 271 Å². The SMILES string of the molecule is CCCCCCC/C=C\C/C=C\C/C=C\CCCCCCCCCCCCCCCCCCCCCCC(=O)NC(CO)C(O)/C=C/CC/C=C/CC/C=C/CCCCCCC. The second-order valence-electron chi connectivity index (χ2n) is 18.3. The number of carbonyl (C=O) groups is 1. The van der Waals surface area contributed by atoms with Gasteiger partial charge in [-0.2, -0.15) is 0 Å². The van der Waals surface area contributed by atoms with E-state index < -0.39 is 12.1 Å². The van der Waals surface area contributed by atoms with Gasteiger partial charge in [0.2, 0.25) is 5.91 Å². The van der Waals surface area contributed by atoms with Gasteiger partial charge in [0.1, 0.15) is 0 Å². The maximum Gasteiger partial charge on any atom is 0.220 e. The minimum Gasteiger partial charge on any atom is -0.394 e. The van der Waals surface area contributed by atoms with Gasteiger partial charge in [-0.15, -0.1) is 0 Å². The van der Waals surface area contributed by atoms with Gasteiger partial charge in [-0.1, -0.05) is 254 Å². The molecule has 1 amide bonds. The maximum atomic E-state index is 12.4. The monoisotopic (exact) mass is 864 g/mol. The highest BCUT2D eigenvalue weighted by atomic mass is 16.3. The average Bonchev–Trinajstić information content (AvgIpc) is 3.28. The van der Waals surface area contributed by atoms with E-state index in [1.165, 1.54) is 199 Å². The summed E-state index contributed by atoms with van der Waals surface area (Å²) in [5, 5.41) is 23.0. The second-order valence-corrected chi connectivity index (χ2v) is 18.3. The van der Waals surface area contributed by atoms with Crippen LogP contribution in [0.5, 0.6) is 0 Å². The molecule has 4 heteroatoms. The van der Waals surface area contributed by atoms with Crippen LogP contribution in [0.2, 0.25) is 0 Å². The summed E-state index contributed by atoms with van der Waals surface area (Å²) >= 11 is 0. The van der Waals surface area contributed by atoms with E-state index in [2.05, 4.69) is 79.9 Å². The molecule has 0 aliphatic rings. The van der Waals surface area contributed by atoms with Crippen LogP contribution in [0.3, 0.4) is 0 Å². The number of hydrogen-bond acceptors (Lipinski definition) is 3. The summed E-state index contributed by atoms with van der Waals surface area (Å²) in [6.07, 6.45) is 76.3. The van der Waals surface area contributed by atoms with E-state index in [1.54, 1.807) is 6.08 Å². The van der Waals surface area contributed by atoms with Crippen molar-refractivity contribution in [3.05, 3.63) is 72.9 Å². The summed E-state index contributed by atoms with van der Waals surface area (Å²) in [6.45, 7) is 4.27. The van der Waals surface area contributed by atoms with Crippen LogP contribution >= 0.6 is 0 Å². The van der Waals surface area contributed by atoms with Crippen molar-refractivity contribution >= 4 is 5.91 Å². The zero-order valence-electron chi connectivity index (χ0n) is 41.4. The Morgan fingerprint density at radius 3 is 1.05 bits per heavy atom. The Kier molecular flexibility index (Phi) is 51.3. The van der Waals surface area contributed by atoms with Gasteiger partial charge in [0.15, 0.2) is 0 Å². The molecule has 0 bridgehead atoms. The quantitative estimate of drug-likeness (QED) is 0.0421. The Morgan fingerprint density at radius 2 is 0.677 bits per heavy atom. The normalized spacial score (nSPS) is 13.4. The van der Waals surface area contributed by atoms with E-state index in [1.807, 2.05) is 6.08 Å². The molecule has 0 rings (SSSR count). The number of amides is 1. The summed E-state index contributed by atoms with van der Waals surface area (Å²) in [5.74, 6) is -0.0772. The van der Waals surface area contributed by atoms with Gasteiger partial charge < -0.3 is 15.5 Å². The van der Waals surface area contributed by atoms with Crippen LogP contribution in [-0.2, 0) is 4.79 Å². The molecule has 4 nitrogen and oxygen atoms in total. The van der Waals surface area contributed by atoms with Crippen LogP contribution in [0, 0.1) is 0 Å². The molecule has 0 aliphatic heterocycles. The fraction of sp³-hybridized carbons (Fsp3) is 0.776. The molecule has 0 spiro atoms. The van der Waals surface area contributed by atoms with Crippen molar-refractivity contribution in [3.8, 4) is 0 Å². The molecule has 0 heterocycles. The van der Waals surface area contributed by atoms with E-state index in [-0.39, 0.29) is 12.5 Å². The van der Waals surface area contributed by atoms with E-state index >= 15 is 0 Å². The minimum atomic E-state index is -0.871. The first kappa shape index (κ1) is 59.8. The van der Waals surface area contributed by atoms with Crippen molar-refractivity contribution in [2.45, 2.75) is 283 Å². The van der Waals surface area contributed by atoms with Crippen LogP contribution in [0.15, 0.2) is 72.9 Å². The van der Waals surface area contributed by atoms with Crippen molar-refractivity contribution in [1.29, 1.82) is 0 Å². The number of aliphatic hydroxyl groups excluding tert-OH is 2. The first-order chi connectivity index (χ1) is 30.7. The zero-order valence-corrected chi connectivity index (χ0v) is 41.4. The molecule has 0 radical (unpaired) electrons. The molecule has 0 aliphatic carbocycles. The van der Waals surface area contributed by atoms with Gasteiger partial charge in [-0.05, 0) is 83.5 Å². The zero-order chi connectivity index (χ0) is 44.9. The molecule has 0 aromatic rings. The van der Waals surface area contributed by atoms with Gasteiger partial charge in [0, 0.05) is 6.42 Å². The first-order valence-electron chi connectivity index (χ1n) is 27.2. The predicted octanol–water partition coefficient (Wildman–Crippen LogP) is 17.8. The molecular weight excluding hydrogens is 759 g/mol. The highest BCUT2D eigenvalue weighted by Crippen LogP contribution is 2.16. The van der Waals surface area contributed by atoms with E-state index in [9.17, 15) is 15.0 Å². The highest BCUT2D eigenvalue weighted by molar-refractivity contribution is 5.76. The number of unbranched alkanes of at least 4 members (excludes halogenated alkanes) is 32. The van der Waals surface area contributed by atoms with Crippen molar-refractivity contribution in [1.82, 2.24) is 5.32 Å². The summed E-state index contributed by atoms with van der Waals surface area (Å²) < 4.78 is 0.